The van der Waals surface area contributed by atoms with Crippen LogP contribution in [0.25, 0.3) is 5.57 Å². The monoisotopic (exact) mass is 407 g/mol. The van der Waals surface area contributed by atoms with Crippen molar-refractivity contribution >= 4 is 23.9 Å². The van der Waals surface area contributed by atoms with Crippen molar-refractivity contribution in [3.05, 3.63) is 77.4 Å². The van der Waals surface area contributed by atoms with Crippen molar-refractivity contribution in [3.63, 3.8) is 0 Å². The quantitative estimate of drug-likeness (QED) is 0.701. The van der Waals surface area contributed by atoms with Gasteiger partial charge < -0.3 is 10.0 Å². The van der Waals surface area contributed by atoms with Crippen LogP contribution in [0.2, 0.25) is 0 Å². The van der Waals surface area contributed by atoms with Crippen LogP contribution in [0.15, 0.2) is 54.6 Å². The maximum absolute atomic E-state index is 13.3. The molecule has 0 saturated carbocycles. The SMILES string of the molecule is Cl.O=C(O)CC1CCN(CCC=C(c2ccc(F)cc2)c2ccc(F)cc2)C1. The molecule has 1 saturated heterocycles. The number of rotatable bonds is 7. The number of hydrogen-bond donors (Lipinski definition) is 1. The molecule has 1 atom stereocenters. The molecule has 2 aromatic rings. The first-order valence-electron chi connectivity index (χ1n) is 9.17. The minimum atomic E-state index is -0.739. The molecule has 1 heterocycles. The molecule has 3 nitrogen and oxygen atoms in total. The van der Waals surface area contributed by atoms with Crippen LogP contribution in [0.1, 0.15) is 30.4 Å². The summed E-state index contributed by atoms with van der Waals surface area (Å²) in [6.07, 6.45) is 4.01. The van der Waals surface area contributed by atoms with E-state index in [1.54, 1.807) is 24.3 Å². The molecule has 0 bridgehead atoms. The highest BCUT2D eigenvalue weighted by molar-refractivity contribution is 5.85. The predicted octanol–water partition coefficient (Wildman–Crippen LogP) is 5.01. The summed E-state index contributed by atoms with van der Waals surface area (Å²) in [6.45, 7) is 2.55. The topological polar surface area (TPSA) is 40.5 Å². The summed E-state index contributed by atoms with van der Waals surface area (Å²) in [7, 11) is 0. The van der Waals surface area contributed by atoms with Gasteiger partial charge in [-0.05, 0) is 66.3 Å². The highest BCUT2D eigenvalue weighted by Gasteiger charge is 2.23. The van der Waals surface area contributed by atoms with Crippen molar-refractivity contribution in [2.75, 3.05) is 19.6 Å². The summed E-state index contributed by atoms with van der Waals surface area (Å²) < 4.78 is 26.5. The van der Waals surface area contributed by atoms with Crippen molar-refractivity contribution in [1.29, 1.82) is 0 Å². The standard InChI is InChI=1S/C22H23F2NO2.ClH/c23-19-7-3-17(4-8-19)21(18-5-9-20(24)10-6-18)2-1-12-25-13-11-16(15-25)14-22(26)27;/h2-10,16H,1,11-15H2,(H,26,27);1H. The van der Waals surface area contributed by atoms with Gasteiger partial charge in [-0.3, -0.25) is 4.79 Å². The fourth-order valence-electron chi connectivity index (χ4n) is 3.58. The molecule has 3 rings (SSSR count). The first kappa shape index (κ1) is 22.1. The second-order valence-corrected chi connectivity index (χ2v) is 6.97. The molecule has 28 heavy (non-hydrogen) atoms. The van der Waals surface area contributed by atoms with Crippen molar-refractivity contribution < 1.29 is 18.7 Å². The van der Waals surface area contributed by atoms with E-state index in [9.17, 15) is 13.6 Å². The molecule has 1 N–H and O–H groups in total. The Morgan fingerprint density at radius 3 is 2.07 bits per heavy atom. The van der Waals surface area contributed by atoms with Crippen LogP contribution in [0.4, 0.5) is 8.78 Å². The molecular formula is C22H24ClF2NO2. The molecule has 2 aromatic carbocycles. The van der Waals surface area contributed by atoms with Crippen LogP contribution >= 0.6 is 12.4 Å². The number of likely N-dealkylation sites (tertiary alicyclic amines) is 1. The number of carbonyl (C=O) groups is 1. The molecule has 150 valence electrons. The third-order valence-corrected chi connectivity index (χ3v) is 4.94. The molecule has 0 spiro atoms. The van der Waals surface area contributed by atoms with Gasteiger partial charge in [-0.25, -0.2) is 8.78 Å². The zero-order valence-electron chi connectivity index (χ0n) is 15.5. The smallest absolute Gasteiger partial charge is 0.303 e. The van der Waals surface area contributed by atoms with Crippen molar-refractivity contribution in [2.45, 2.75) is 19.3 Å². The highest BCUT2D eigenvalue weighted by Crippen LogP contribution is 2.25. The van der Waals surface area contributed by atoms with Gasteiger partial charge in [0.15, 0.2) is 0 Å². The van der Waals surface area contributed by atoms with Crippen LogP contribution in [0.3, 0.4) is 0 Å². The van der Waals surface area contributed by atoms with E-state index < -0.39 is 5.97 Å². The van der Waals surface area contributed by atoms with E-state index in [0.29, 0.717) is 0 Å². The van der Waals surface area contributed by atoms with Crippen molar-refractivity contribution in [2.24, 2.45) is 5.92 Å². The van der Waals surface area contributed by atoms with E-state index in [4.69, 9.17) is 5.11 Å². The van der Waals surface area contributed by atoms with Gasteiger partial charge in [0.25, 0.3) is 0 Å². The number of aliphatic carboxylic acids is 1. The lowest BCUT2D eigenvalue weighted by Crippen LogP contribution is -2.22. The number of benzene rings is 2. The van der Waals surface area contributed by atoms with Gasteiger partial charge >= 0.3 is 5.97 Å². The van der Waals surface area contributed by atoms with Crippen molar-refractivity contribution in [3.8, 4) is 0 Å². The Morgan fingerprint density at radius 2 is 1.57 bits per heavy atom. The normalized spacial score (nSPS) is 16.4. The molecule has 0 aromatic heterocycles. The Hall–Kier alpha value is -2.24. The second kappa shape index (κ2) is 10.3. The summed E-state index contributed by atoms with van der Waals surface area (Å²) in [5.74, 6) is -1.10. The number of carboxylic acids is 1. The van der Waals surface area contributed by atoms with Gasteiger partial charge in [0.2, 0.25) is 0 Å². The van der Waals surface area contributed by atoms with Gasteiger partial charge in [-0.1, -0.05) is 30.3 Å². The molecular weight excluding hydrogens is 384 g/mol. The van der Waals surface area contributed by atoms with E-state index in [2.05, 4.69) is 11.0 Å². The Balaban J connectivity index is 0.00000280. The number of nitrogens with zero attached hydrogens (tertiary/aromatic N) is 1. The summed E-state index contributed by atoms with van der Waals surface area (Å²) >= 11 is 0. The van der Waals surface area contributed by atoms with Gasteiger partial charge in [-0.2, -0.15) is 0 Å². The molecule has 0 radical (unpaired) electrons. The minimum Gasteiger partial charge on any atom is -0.481 e. The first-order chi connectivity index (χ1) is 13.0. The summed E-state index contributed by atoms with van der Waals surface area (Å²) in [4.78, 5) is 13.1. The lowest BCUT2D eigenvalue weighted by Gasteiger charge is -2.15. The van der Waals surface area contributed by atoms with Crippen LogP contribution in [-0.2, 0) is 4.79 Å². The molecule has 1 fully saturated rings. The van der Waals surface area contributed by atoms with Crippen LogP contribution in [-0.4, -0.2) is 35.6 Å². The lowest BCUT2D eigenvalue weighted by molar-refractivity contribution is -0.138. The third kappa shape index (κ3) is 6.14. The van der Waals surface area contributed by atoms with Gasteiger partial charge in [0, 0.05) is 19.5 Å². The maximum Gasteiger partial charge on any atom is 0.303 e. The summed E-state index contributed by atoms with van der Waals surface area (Å²) in [5.41, 5.74) is 2.71. The van der Waals surface area contributed by atoms with Gasteiger partial charge in [-0.15, -0.1) is 12.4 Å². The summed E-state index contributed by atoms with van der Waals surface area (Å²) in [5, 5.41) is 8.92. The lowest BCUT2D eigenvalue weighted by atomic mass is 9.97. The number of hydrogen-bond acceptors (Lipinski definition) is 2. The summed E-state index contributed by atoms with van der Waals surface area (Å²) in [6, 6.07) is 12.6. The van der Waals surface area contributed by atoms with E-state index in [1.807, 2.05) is 0 Å². The van der Waals surface area contributed by atoms with Gasteiger partial charge in [0.1, 0.15) is 11.6 Å². The Bertz CT molecular complexity index is 759. The average Bonchev–Trinajstić information content (AvgIpc) is 3.07. The Morgan fingerprint density at radius 1 is 1.04 bits per heavy atom. The number of carboxylic acid groups (broad SMARTS) is 1. The molecule has 6 heteroatoms. The Labute approximate surface area is 170 Å². The van der Waals surface area contributed by atoms with Gasteiger partial charge in [0.05, 0.1) is 0 Å². The van der Waals surface area contributed by atoms with E-state index in [1.165, 1.54) is 24.3 Å². The van der Waals surface area contributed by atoms with Crippen LogP contribution in [0, 0.1) is 17.6 Å². The third-order valence-electron chi connectivity index (χ3n) is 4.94. The van der Waals surface area contributed by atoms with Crippen LogP contribution < -0.4 is 0 Å². The largest absolute Gasteiger partial charge is 0.481 e. The fraction of sp³-hybridized carbons (Fsp3) is 0.318. The Kier molecular flexibility index (Phi) is 8.15. The molecule has 1 aliphatic heterocycles. The van der Waals surface area contributed by atoms with Crippen molar-refractivity contribution in [1.82, 2.24) is 4.90 Å². The average molecular weight is 408 g/mol. The molecule has 0 aliphatic carbocycles. The molecule has 1 unspecified atom stereocenters. The second-order valence-electron chi connectivity index (χ2n) is 6.97. The van der Waals surface area contributed by atoms with Crippen LogP contribution in [0.5, 0.6) is 0 Å². The van der Waals surface area contributed by atoms with E-state index >= 15 is 0 Å². The predicted molar refractivity (Wildman–Crippen MR) is 109 cm³/mol. The molecule has 1 aliphatic rings. The highest BCUT2D eigenvalue weighted by atomic mass is 35.5. The minimum absolute atomic E-state index is 0. The molecule has 0 amide bonds. The van der Waals surface area contributed by atoms with E-state index in [-0.39, 0.29) is 36.4 Å². The zero-order chi connectivity index (χ0) is 19.2. The zero-order valence-corrected chi connectivity index (χ0v) is 16.3. The fourth-order valence-corrected chi connectivity index (χ4v) is 3.58. The van der Waals surface area contributed by atoms with E-state index in [0.717, 1.165) is 49.2 Å². The number of halogens is 3. The maximum atomic E-state index is 13.3. The first-order valence-corrected chi connectivity index (χ1v) is 9.17.